The minimum Gasteiger partial charge on any atom is -0.318 e. The molecule has 76 valence electrons. The van der Waals surface area contributed by atoms with Crippen LogP contribution in [0.1, 0.15) is 6.92 Å². The molecule has 0 aliphatic carbocycles. The number of hydrogen-bond acceptors (Lipinski definition) is 5. The third-order valence-corrected chi connectivity index (χ3v) is 1.77. The monoisotopic (exact) mass is 205 g/mol. The number of rotatable bonds is 1. The molecule has 0 saturated carbocycles. The van der Waals surface area contributed by atoms with E-state index in [4.69, 9.17) is 4.84 Å². The van der Waals surface area contributed by atoms with E-state index in [0.717, 1.165) is 4.85 Å². The Labute approximate surface area is 84.0 Å². The van der Waals surface area contributed by atoms with Gasteiger partial charge in [-0.2, -0.15) is 0 Å². The lowest BCUT2D eigenvalue weighted by Crippen LogP contribution is -2.25. The number of aromatic nitrogens is 3. The zero-order valence-electron chi connectivity index (χ0n) is 7.88. The lowest BCUT2D eigenvalue weighted by atomic mass is 10.2. The second kappa shape index (κ2) is 3.49. The Hall–Kier alpha value is -2.24. The van der Waals surface area contributed by atoms with E-state index in [1.54, 1.807) is 24.3 Å². The minimum atomic E-state index is -0.530. The molecule has 6 nitrogen and oxygen atoms in total. The summed E-state index contributed by atoms with van der Waals surface area (Å²) in [5, 5.41) is 7.15. The number of hydrogen-bond donors (Lipinski definition) is 0. The maximum Gasteiger partial charge on any atom is 0.332 e. The molecule has 2 aromatic rings. The van der Waals surface area contributed by atoms with Crippen LogP contribution in [0.5, 0.6) is 0 Å². The van der Waals surface area contributed by atoms with Crippen molar-refractivity contribution in [3.8, 4) is 0 Å². The van der Waals surface area contributed by atoms with E-state index >= 15 is 0 Å². The van der Waals surface area contributed by atoms with Crippen LogP contribution in [0.15, 0.2) is 29.1 Å². The van der Waals surface area contributed by atoms with Gasteiger partial charge in [0.15, 0.2) is 0 Å². The van der Waals surface area contributed by atoms with E-state index in [-0.39, 0.29) is 0 Å². The zero-order valence-corrected chi connectivity index (χ0v) is 7.88. The molecule has 0 radical (unpaired) electrons. The Morgan fingerprint density at radius 3 is 2.87 bits per heavy atom. The van der Waals surface area contributed by atoms with Crippen LogP contribution >= 0.6 is 0 Å². The van der Waals surface area contributed by atoms with Crippen LogP contribution in [0.25, 0.3) is 10.9 Å². The molecule has 0 fully saturated rings. The second-order valence-electron chi connectivity index (χ2n) is 2.87. The van der Waals surface area contributed by atoms with Crippen LogP contribution in [0.3, 0.4) is 0 Å². The van der Waals surface area contributed by atoms with Gasteiger partial charge in [-0.25, -0.2) is 4.79 Å². The number of carbonyl (C=O) groups excluding carboxylic acids is 1. The first-order valence-electron chi connectivity index (χ1n) is 4.22. The van der Waals surface area contributed by atoms with E-state index in [0.29, 0.717) is 10.9 Å². The molecule has 1 aromatic heterocycles. The molecule has 2 rings (SSSR count). The number of benzene rings is 1. The largest absolute Gasteiger partial charge is 0.332 e. The Morgan fingerprint density at radius 1 is 1.40 bits per heavy atom. The molecule has 0 N–H and O–H groups in total. The average molecular weight is 205 g/mol. The second-order valence-corrected chi connectivity index (χ2v) is 2.87. The van der Waals surface area contributed by atoms with Crippen LogP contribution in [-0.4, -0.2) is 21.1 Å². The molecule has 0 aliphatic heterocycles. The fourth-order valence-corrected chi connectivity index (χ4v) is 1.19. The Kier molecular flexibility index (Phi) is 2.17. The molecule has 1 aromatic carbocycles. The summed E-state index contributed by atoms with van der Waals surface area (Å²) in [5.74, 6) is -0.530. The van der Waals surface area contributed by atoms with Gasteiger partial charge >= 0.3 is 5.97 Å². The first kappa shape index (κ1) is 9.32. The molecule has 1 heterocycles. The quantitative estimate of drug-likeness (QED) is 0.601. The van der Waals surface area contributed by atoms with Gasteiger partial charge < -0.3 is 4.84 Å². The van der Waals surface area contributed by atoms with Crippen LogP contribution in [-0.2, 0) is 4.79 Å². The number of nitrogens with zero attached hydrogens (tertiary/aromatic N) is 3. The highest BCUT2D eigenvalue weighted by atomic mass is 16.7. The fourth-order valence-electron chi connectivity index (χ4n) is 1.19. The van der Waals surface area contributed by atoms with Gasteiger partial charge in [0.25, 0.3) is 5.56 Å². The summed E-state index contributed by atoms with van der Waals surface area (Å²) in [4.78, 5) is 27.7. The lowest BCUT2D eigenvalue weighted by Gasteiger charge is -2.04. The number of carbonyl (C=O) groups is 1. The van der Waals surface area contributed by atoms with E-state index in [1.165, 1.54) is 6.92 Å². The highest BCUT2D eigenvalue weighted by Gasteiger charge is 2.06. The van der Waals surface area contributed by atoms with Gasteiger partial charge in [0.1, 0.15) is 5.52 Å². The van der Waals surface area contributed by atoms with Crippen molar-refractivity contribution in [2.75, 3.05) is 0 Å². The predicted octanol–water partition coefficient (Wildman–Crippen LogP) is -0.233. The Bertz CT molecular complexity index is 576. The number of para-hydroxylation sites is 1. The van der Waals surface area contributed by atoms with Crippen molar-refractivity contribution >= 4 is 16.9 Å². The minimum absolute atomic E-state index is 0.355. The standard InChI is InChI=1S/C9H7N3O3/c1-6(13)15-12-8-5-3-2-4-7(8)9(14)10-11-12/h2-5H,1H3. The highest BCUT2D eigenvalue weighted by Crippen LogP contribution is 2.05. The third kappa shape index (κ3) is 1.69. The van der Waals surface area contributed by atoms with E-state index in [1.807, 2.05) is 0 Å². The average Bonchev–Trinajstić information content (AvgIpc) is 2.22. The molecule has 0 unspecified atom stereocenters. The van der Waals surface area contributed by atoms with Gasteiger partial charge in [-0.3, -0.25) is 4.79 Å². The fraction of sp³-hybridized carbons (Fsp3) is 0.111. The highest BCUT2D eigenvalue weighted by molar-refractivity contribution is 5.77. The van der Waals surface area contributed by atoms with Crippen molar-refractivity contribution < 1.29 is 9.63 Å². The SMILES string of the molecule is CC(=O)On1nnc(=O)c2ccccc21. The van der Waals surface area contributed by atoms with Crippen molar-refractivity contribution in [3.05, 3.63) is 34.6 Å². The summed E-state index contributed by atoms with van der Waals surface area (Å²) < 4.78 is 0. The molecular weight excluding hydrogens is 198 g/mol. The van der Waals surface area contributed by atoms with Crippen molar-refractivity contribution in [3.63, 3.8) is 0 Å². The van der Waals surface area contributed by atoms with E-state index < -0.39 is 11.5 Å². The third-order valence-electron chi connectivity index (χ3n) is 1.77. The van der Waals surface area contributed by atoms with Gasteiger partial charge in [0, 0.05) is 6.92 Å². The predicted molar refractivity (Wildman–Crippen MR) is 51.1 cm³/mol. The van der Waals surface area contributed by atoms with Gasteiger partial charge in [-0.1, -0.05) is 22.1 Å². The van der Waals surface area contributed by atoms with Crippen molar-refractivity contribution in [2.45, 2.75) is 6.92 Å². The molecule has 6 heteroatoms. The van der Waals surface area contributed by atoms with Gasteiger partial charge in [0.05, 0.1) is 5.39 Å². The van der Waals surface area contributed by atoms with Crippen molar-refractivity contribution in [1.82, 2.24) is 15.2 Å². The summed E-state index contributed by atoms with van der Waals surface area (Å²) in [6.07, 6.45) is 0. The number of fused-ring (bicyclic) bond motifs is 1. The summed E-state index contributed by atoms with van der Waals surface area (Å²) in [6, 6.07) is 6.62. The maximum atomic E-state index is 11.3. The summed E-state index contributed by atoms with van der Waals surface area (Å²) in [7, 11) is 0. The Morgan fingerprint density at radius 2 is 2.13 bits per heavy atom. The summed E-state index contributed by atoms with van der Waals surface area (Å²) in [6.45, 7) is 1.24. The van der Waals surface area contributed by atoms with Crippen molar-refractivity contribution in [1.29, 1.82) is 0 Å². The molecule has 15 heavy (non-hydrogen) atoms. The van der Waals surface area contributed by atoms with Crippen LogP contribution in [0.2, 0.25) is 0 Å². The van der Waals surface area contributed by atoms with E-state index in [2.05, 4.69) is 10.3 Å². The lowest BCUT2D eigenvalue weighted by molar-refractivity contribution is -0.142. The van der Waals surface area contributed by atoms with Crippen molar-refractivity contribution in [2.24, 2.45) is 0 Å². The first-order valence-corrected chi connectivity index (χ1v) is 4.22. The summed E-state index contributed by atoms with van der Waals surface area (Å²) >= 11 is 0. The zero-order chi connectivity index (χ0) is 10.8. The first-order chi connectivity index (χ1) is 7.18. The molecular formula is C9H7N3O3. The molecule has 0 atom stereocenters. The van der Waals surface area contributed by atoms with Gasteiger partial charge in [-0.15, -0.1) is 0 Å². The smallest absolute Gasteiger partial charge is 0.318 e. The molecule has 0 spiro atoms. The van der Waals surface area contributed by atoms with E-state index in [9.17, 15) is 9.59 Å². The van der Waals surface area contributed by atoms with Crippen LogP contribution in [0.4, 0.5) is 0 Å². The van der Waals surface area contributed by atoms with Crippen LogP contribution in [0, 0.1) is 0 Å². The normalized spacial score (nSPS) is 10.2. The molecule has 0 bridgehead atoms. The van der Waals surface area contributed by atoms with Gasteiger partial charge in [-0.05, 0) is 17.3 Å². The maximum absolute atomic E-state index is 11.3. The summed E-state index contributed by atoms with van der Waals surface area (Å²) in [5.41, 5.74) is -0.0401. The topological polar surface area (TPSA) is 74.1 Å². The van der Waals surface area contributed by atoms with Crippen LogP contribution < -0.4 is 10.4 Å². The molecule has 0 aliphatic rings. The Balaban J connectivity index is 2.71. The molecule has 0 saturated heterocycles. The van der Waals surface area contributed by atoms with Gasteiger partial charge in [0.2, 0.25) is 0 Å². The molecule has 0 amide bonds.